The van der Waals surface area contributed by atoms with Gasteiger partial charge in [-0.1, -0.05) is 12.1 Å². The maximum absolute atomic E-state index is 14.6. The lowest BCUT2D eigenvalue weighted by atomic mass is 9.89. The van der Waals surface area contributed by atoms with E-state index in [9.17, 15) is 18.7 Å². The first-order valence-electron chi connectivity index (χ1n) is 10.9. The van der Waals surface area contributed by atoms with Gasteiger partial charge in [0.15, 0.2) is 11.6 Å². The smallest absolute Gasteiger partial charge is 0.259 e. The van der Waals surface area contributed by atoms with E-state index in [1.807, 2.05) is 13.0 Å². The van der Waals surface area contributed by atoms with Crippen molar-refractivity contribution in [3.05, 3.63) is 68.7 Å². The topological polar surface area (TPSA) is 78.3 Å². The molecule has 0 bridgehead atoms. The second-order valence-corrected chi connectivity index (χ2v) is 10.9. The summed E-state index contributed by atoms with van der Waals surface area (Å²) in [5.74, 6) is -1.86. The number of phenolic OH excluding ortho intramolecular Hbond substituents is 1. The predicted octanol–water partition coefficient (Wildman–Crippen LogP) is 5.86. The zero-order valence-corrected chi connectivity index (χ0v) is 20.0. The number of halogens is 2. The molecule has 1 aliphatic carbocycles. The number of nitrogens with one attached hydrogen (secondary N) is 1. The molecular weight excluding hydrogens is 478 g/mol. The van der Waals surface area contributed by atoms with Crippen LogP contribution in [0.2, 0.25) is 0 Å². The summed E-state index contributed by atoms with van der Waals surface area (Å²) < 4.78 is 29.4. The second kappa shape index (κ2) is 7.44. The Kier molecular flexibility index (Phi) is 4.69. The van der Waals surface area contributed by atoms with E-state index in [-0.39, 0.29) is 24.1 Å². The quantitative estimate of drug-likeness (QED) is 0.368. The monoisotopic (exact) mass is 498 g/mol. The fraction of sp³-hybridized carbons (Fsp3) is 0.292. The maximum atomic E-state index is 14.6. The predicted molar refractivity (Wildman–Crippen MR) is 127 cm³/mol. The van der Waals surface area contributed by atoms with Crippen molar-refractivity contribution in [1.29, 1.82) is 0 Å². The highest BCUT2D eigenvalue weighted by Gasteiger charge is 2.47. The van der Waals surface area contributed by atoms with Gasteiger partial charge in [-0.3, -0.25) is 4.79 Å². The maximum Gasteiger partial charge on any atom is 0.259 e. The number of fused-ring (bicyclic) bond motifs is 3. The largest absolute Gasteiger partial charge is 0.506 e. The lowest BCUT2D eigenvalue weighted by molar-refractivity contribution is 0.0510. The van der Waals surface area contributed by atoms with Gasteiger partial charge in [0.1, 0.15) is 26.9 Å². The van der Waals surface area contributed by atoms with Gasteiger partial charge in [0, 0.05) is 10.9 Å². The average molecular weight is 499 g/mol. The third-order valence-electron chi connectivity index (χ3n) is 6.72. The summed E-state index contributed by atoms with van der Waals surface area (Å²) in [5.41, 5.74) is 2.81. The number of rotatable bonds is 4. The van der Waals surface area contributed by atoms with Crippen LogP contribution in [-0.2, 0) is 12.2 Å². The van der Waals surface area contributed by atoms with E-state index in [4.69, 9.17) is 0 Å². The molecule has 0 radical (unpaired) electrons. The molecule has 6 rings (SSSR count). The Morgan fingerprint density at radius 2 is 2.03 bits per heavy atom. The number of anilines is 1. The molecule has 0 saturated heterocycles. The van der Waals surface area contributed by atoms with Crippen molar-refractivity contribution in [1.82, 2.24) is 15.1 Å². The number of amides is 1. The summed E-state index contributed by atoms with van der Waals surface area (Å²) in [7, 11) is 0. The summed E-state index contributed by atoms with van der Waals surface area (Å²) in [5, 5.41) is 24.0. The van der Waals surface area contributed by atoms with Crippen LogP contribution in [0.4, 0.5) is 13.8 Å². The summed E-state index contributed by atoms with van der Waals surface area (Å²) in [4.78, 5) is 15.7. The summed E-state index contributed by atoms with van der Waals surface area (Å²) >= 11 is 2.61. The zero-order chi connectivity index (χ0) is 23.8. The molecule has 174 valence electrons. The number of nitrogens with zero attached hydrogens (tertiary/aromatic N) is 3. The Bertz CT molecular complexity index is 1470. The van der Waals surface area contributed by atoms with Gasteiger partial charge < -0.3 is 15.3 Å². The van der Waals surface area contributed by atoms with Crippen LogP contribution in [-0.4, -0.2) is 26.1 Å². The molecule has 34 heavy (non-hydrogen) atoms. The number of carbonyl (C=O) groups is 1. The van der Waals surface area contributed by atoms with Crippen LogP contribution in [0.25, 0.3) is 10.1 Å². The van der Waals surface area contributed by atoms with Crippen molar-refractivity contribution in [2.75, 3.05) is 5.32 Å². The number of hydrogen-bond acceptors (Lipinski definition) is 7. The number of aryl methyl sites for hydroxylation is 1. The van der Waals surface area contributed by atoms with Crippen LogP contribution in [0.5, 0.6) is 5.75 Å². The van der Waals surface area contributed by atoms with Gasteiger partial charge >= 0.3 is 0 Å². The molecule has 1 amide bonds. The molecule has 2 N–H and O–H groups in total. The van der Waals surface area contributed by atoms with E-state index < -0.39 is 17.3 Å². The van der Waals surface area contributed by atoms with Crippen LogP contribution in [0, 0.1) is 18.6 Å². The summed E-state index contributed by atoms with van der Waals surface area (Å²) in [6.45, 7) is 3.76. The van der Waals surface area contributed by atoms with Crippen molar-refractivity contribution >= 4 is 43.7 Å². The number of aromatic nitrogens is 2. The lowest BCUT2D eigenvalue weighted by Crippen LogP contribution is -2.55. The van der Waals surface area contributed by atoms with Crippen molar-refractivity contribution in [3.8, 4) is 5.75 Å². The number of aromatic hydroxyl groups is 1. The molecule has 10 heteroatoms. The van der Waals surface area contributed by atoms with Gasteiger partial charge in [-0.25, -0.2) is 8.78 Å². The van der Waals surface area contributed by atoms with Crippen molar-refractivity contribution in [2.24, 2.45) is 0 Å². The van der Waals surface area contributed by atoms with E-state index in [1.165, 1.54) is 34.8 Å². The Morgan fingerprint density at radius 1 is 1.26 bits per heavy atom. The average Bonchev–Trinajstić information content (AvgIpc) is 3.39. The van der Waals surface area contributed by atoms with E-state index in [1.54, 1.807) is 23.4 Å². The first-order chi connectivity index (χ1) is 16.3. The highest BCUT2D eigenvalue weighted by Crippen LogP contribution is 2.51. The molecule has 1 atom stereocenters. The number of benzene rings is 2. The molecule has 2 aliphatic rings. The SMILES string of the molecule is Cc1ccc2c3c(sc2c1O)NC(C)(c1cc(F)c(F)cc1C1CC1)N(Cc1nncs1)C3=O. The molecule has 0 spiro atoms. The molecule has 1 aliphatic heterocycles. The minimum atomic E-state index is -1.17. The second-order valence-electron chi connectivity index (χ2n) is 8.96. The summed E-state index contributed by atoms with van der Waals surface area (Å²) in [6, 6.07) is 6.08. The van der Waals surface area contributed by atoms with Crippen molar-refractivity contribution < 1.29 is 18.7 Å². The highest BCUT2D eigenvalue weighted by atomic mass is 32.1. The first kappa shape index (κ1) is 21.4. The normalized spacial score (nSPS) is 20.0. The Balaban J connectivity index is 1.59. The standard InChI is InChI=1S/C24H20F2N4O2S2/c1-11-3-6-13-19-22(34-21(13)20(11)31)28-24(2,30(23(19)32)9-18-29-27-10-33-18)15-8-17(26)16(25)7-14(15)12-4-5-12/h3,6-8,10,12,28,31H,4-5,9H2,1-2H3. The third-order valence-corrected chi connectivity index (χ3v) is 8.53. The van der Waals surface area contributed by atoms with Crippen molar-refractivity contribution in [2.45, 2.75) is 44.8 Å². The molecule has 1 fully saturated rings. The van der Waals surface area contributed by atoms with E-state index in [2.05, 4.69) is 15.5 Å². The minimum Gasteiger partial charge on any atom is -0.506 e. The molecule has 3 heterocycles. The Labute approximate surface area is 201 Å². The Hall–Kier alpha value is -3.11. The first-order valence-corrected chi connectivity index (χ1v) is 12.6. The highest BCUT2D eigenvalue weighted by molar-refractivity contribution is 7.23. The number of carbonyl (C=O) groups excluding carboxylic acids is 1. The number of hydrogen-bond donors (Lipinski definition) is 2. The molecule has 4 aromatic rings. The minimum absolute atomic E-state index is 0.123. The van der Waals surface area contributed by atoms with Gasteiger partial charge in [0.25, 0.3) is 5.91 Å². The summed E-state index contributed by atoms with van der Waals surface area (Å²) in [6.07, 6.45) is 1.78. The fourth-order valence-electron chi connectivity index (χ4n) is 4.73. The lowest BCUT2D eigenvalue weighted by Gasteiger charge is -2.46. The van der Waals surface area contributed by atoms with E-state index in [0.717, 1.165) is 12.8 Å². The van der Waals surface area contributed by atoms with Crippen LogP contribution in [0.15, 0.2) is 29.8 Å². The molecule has 2 aromatic heterocycles. The van der Waals surface area contributed by atoms with Gasteiger partial charge in [-0.05, 0) is 55.9 Å². The fourth-order valence-corrected chi connectivity index (χ4v) is 6.54. The number of phenols is 1. The zero-order valence-electron chi connectivity index (χ0n) is 18.4. The van der Waals surface area contributed by atoms with Gasteiger partial charge in [-0.2, -0.15) is 0 Å². The van der Waals surface area contributed by atoms with Crippen LogP contribution in [0.3, 0.4) is 0 Å². The van der Waals surface area contributed by atoms with Crippen LogP contribution < -0.4 is 5.32 Å². The molecule has 2 aromatic carbocycles. The third kappa shape index (κ3) is 3.12. The van der Waals surface area contributed by atoms with Crippen LogP contribution >= 0.6 is 22.7 Å². The number of thiophene rings is 1. The molecular formula is C24H20F2N4O2S2. The van der Waals surface area contributed by atoms with E-state index >= 15 is 0 Å². The van der Waals surface area contributed by atoms with Gasteiger partial charge in [0.2, 0.25) is 0 Å². The van der Waals surface area contributed by atoms with Gasteiger partial charge in [0.05, 0.1) is 16.8 Å². The van der Waals surface area contributed by atoms with Gasteiger partial charge in [-0.15, -0.1) is 32.9 Å². The van der Waals surface area contributed by atoms with Crippen molar-refractivity contribution in [3.63, 3.8) is 0 Å². The van der Waals surface area contributed by atoms with Crippen LogP contribution in [0.1, 0.15) is 57.7 Å². The molecule has 1 unspecified atom stereocenters. The Morgan fingerprint density at radius 3 is 2.74 bits per heavy atom. The van der Waals surface area contributed by atoms with E-state index in [0.29, 0.717) is 42.3 Å². The molecule has 6 nitrogen and oxygen atoms in total. The molecule has 1 saturated carbocycles.